The molecule has 0 bridgehead atoms. The lowest BCUT2D eigenvalue weighted by atomic mass is 10.1. The topological polar surface area (TPSA) is 48.4 Å². The number of aliphatic hydroxyl groups is 1. The van der Waals surface area contributed by atoms with Crippen LogP contribution in [0.2, 0.25) is 0 Å². The van der Waals surface area contributed by atoms with E-state index in [4.69, 9.17) is 0 Å². The van der Waals surface area contributed by atoms with Gasteiger partial charge in [-0.25, -0.2) is 4.98 Å². The van der Waals surface area contributed by atoms with Crippen molar-refractivity contribution in [1.29, 1.82) is 0 Å². The fraction of sp³-hybridized carbons (Fsp3) is 0.667. The Hall–Kier alpha value is -1.13. The Morgan fingerprint density at radius 3 is 2.63 bits per heavy atom. The van der Waals surface area contributed by atoms with Crippen LogP contribution in [0, 0.1) is 0 Å². The molecule has 0 aliphatic rings. The van der Waals surface area contributed by atoms with E-state index < -0.39 is 0 Å². The minimum Gasteiger partial charge on any atom is -0.395 e. The zero-order valence-corrected chi connectivity index (χ0v) is 12.4. The summed E-state index contributed by atoms with van der Waals surface area (Å²) in [6.45, 7) is 9.10. The molecule has 1 rings (SSSR count). The van der Waals surface area contributed by atoms with Gasteiger partial charge in [0.15, 0.2) is 0 Å². The van der Waals surface area contributed by atoms with Gasteiger partial charge in [0.05, 0.1) is 6.61 Å². The molecule has 0 atom stereocenters. The first kappa shape index (κ1) is 15.9. The van der Waals surface area contributed by atoms with E-state index in [1.54, 1.807) is 0 Å². The van der Waals surface area contributed by atoms with Gasteiger partial charge >= 0.3 is 0 Å². The molecule has 4 nitrogen and oxygen atoms in total. The van der Waals surface area contributed by atoms with Gasteiger partial charge in [-0.15, -0.1) is 0 Å². The highest BCUT2D eigenvalue weighted by Gasteiger charge is 2.16. The van der Waals surface area contributed by atoms with E-state index in [1.165, 1.54) is 5.56 Å². The molecule has 1 heterocycles. The Morgan fingerprint density at radius 2 is 2.05 bits per heavy atom. The van der Waals surface area contributed by atoms with Gasteiger partial charge in [0.2, 0.25) is 0 Å². The third kappa shape index (κ3) is 4.80. The van der Waals surface area contributed by atoms with Crippen molar-refractivity contribution in [2.45, 2.75) is 46.2 Å². The molecular formula is C15H27N3O. The number of aromatic nitrogens is 1. The fourth-order valence-corrected chi connectivity index (χ4v) is 2.44. The molecule has 19 heavy (non-hydrogen) atoms. The molecular weight excluding hydrogens is 238 g/mol. The van der Waals surface area contributed by atoms with Crippen molar-refractivity contribution in [3.63, 3.8) is 0 Å². The number of nitrogens with zero attached hydrogens (tertiary/aromatic N) is 2. The van der Waals surface area contributed by atoms with Crippen molar-refractivity contribution in [2.24, 2.45) is 0 Å². The Morgan fingerprint density at radius 1 is 1.32 bits per heavy atom. The lowest BCUT2D eigenvalue weighted by Gasteiger charge is -2.30. The first-order valence-corrected chi connectivity index (χ1v) is 7.29. The summed E-state index contributed by atoms with van der Waals surface area (Å²) in [5.74, 6) is 0.957. The maximum atomic E-state index is 9.25. The number of hydrogen-bond donors (Lipinski definition) is 2. The van der Waals surface area contributed by atoms with Crippen LogP contribution < -0.4 is 5.32 Å². The van der Waals surface area contributed by atoms with Gasteiger partial charge in [0, 0.05) is 37.4 Å². The van der Waals surface area contributed by atoms with Crippen LogP contribution in [0.3, 0.4) is 0 Å². The molecule has 1 aromatic heterocycles. The molecule has 0 aliphatic heterocycles. The molecule has 0 saturated carbocycles. The largest absolute Gasteiger partial charge is 0.395 e. The van der Waals surface area contributed by atoms with Crippen molar-refractivity contribution >= 4 is 5.82 Å². The van der Waals surface area contributed by atoms with Crippen molar-refractivity contribution in [3.8, 4) is 0 Å². The smallest absolute Gasteiger partial charge is 0.130 e. The van der Waals surface area contributed by atoms with Crippen LogP contribution in [0.25, 0.3) is 0 Å². The van der Waals surface area contributed by atoms with Gasteiger partial charge in [-0.05, 0) is 25.8 Å². The average molecular weight is 265 g/mol. The molecule has 0 aliphatic carbocycles. The molecule has 0 radical (unpaired) electrons. The first-order chi connectivity index (χ1) is 9.26. The summed E-state index contributed by atoms with van der Waals surface area (Å²) in [6.07, 6.45) is 4.02. The number of nitrogens with one attached hydrogen (secondary N) is 1. The highest BCUT2D eigenvalue weighted by molar-refractivity contribution is 5.43. The summed E-state index contributed by atoms with van der Waals surface area (Å²) >= 11 is 0. The third-order valence-electron chi connectivity index (χ3n) is 3.46. The van der Waals surface area contributed by atoms with E-state index in [0.717, 1.165) is 31.7 Å². The van der Waals surface area contributed by atoms with Crippen molar-refractivity contribution in [3.05, 3.63) is 23.9 Å². The van der Waals surface area contributed by atoms with E-state index in [1.807, 2.05) is 12.3 Å². The van der Waals surface area contributed by atoms with E-state index in [2.05, 4.69) is 42.0 Å². The van der Waals surface area contributed by atoms with Gasteiger partial charge in [-0.3, -0.25) is 4.90 Å². The van der Waals surface area contributed by atoms with Crippen LogP contribution >= 0.6 is 0 Å². The second-order valence-electron chi connectivity index (χ2n) is 4.71. The molecule has 2 N–H and O–H groups in total. The number of anilines is 1. The van der Waals surface area contributed by atoms with Crippen LogP contribution in [-0.4, -0.2) is 40.7 Å². The third-order valence-corrected chi connectivity index (χ3v) is 3.46. The molecule has 0 saturated heterocycles. The van der Waals surface area contributed by atoms with E-state index in [-0.39, 0.29) is 6.61 Å². The predicted molar refractivity (Wildman–Crippen MR) is 80.3 cm³/mol. The van der Waals surface area contributed by atoms with Crippen molar-refractivity contribution in [1.82, 2.24) is 9.88 Å². The zero-order chi connectivity index (χ0) is 14.1. The van der Waals surface area contributed by atoms with E-state index >= 15 is 0 Å². The molecule has 4 heteroatoms. The average Bonchev–Trinajstić information content (AvgIpc) is 2.43. The van der Waals surface area contributed by atoms with Gasteiger partial charge in [0.25, 0.3) is 0 Å². The van der Waals surface area contributed by atoms with Gasteiger partial charge < -0.3 is 10.4 Å². The summed E-state index contributed by atoms with van der Waals surface area (Å²) in [5.41, 5.74) is 1.20. The number of aliphatic hydroxyl groups excluding tert-OH is 1. The summed E-state index contributed by atoms with van der Waals surface area (Å²) in [4.78, 5) is 6.74. The SMILES string of the molecule is CCNc1ncccc1CN(CCO)C(CC)CC. The molecule has 0 fully saturated rings. The molecule has 0 spiro atoms. The standard InChI is InChI=1S/C15H27N3O/c1-4-14(5-2)18(10-11-19)12-13-8-7-9-17-15(13)16-6-3/h7-9,14,19H,4-6,10-12H2,1-3H3,(H,16,17). The summed E-state index contributed by atoms with van der Waals surface area (Å²) in [7, 11) is 0. The lowest BCUT2D eigenvalue weighted by molar-refractivity contribution is 0.136. The Balaban J connectivity index is 2.83. The van der Waals surface area contributed by atoms with E-state index in [0.29, 0.717) is 12.6 Å². The predicted octanol–water partition coefficient (Wildman–Crippen LogP) is 2.50. The van der Waals surface area contributed by atoms with Gasteiger partial charge in [-0.1, -0.05) is 19.9 Å². The quantitative estimate of drug-likeness (QED) is 0.720. The summed E-state index contributed by atoms with van der Waals surface area (Å²) in [6, 6.07) is 4.60. The van der Waals surface area contributed by atoms with Gasteiger partial charge in [-0.2, -0.15) is 0 Å². The van der Waals surface area contributed by atoms with Crippen molar-refractivity contribution in [2.75, 3.05) is 25.0 Å². The Bertz CT molecular complexity index is 353. The molecule has 0 unspecified atom stereocenters. The fourth-order valence-electron chi connectivity index (χ4n) is 2.44. The molecule has 0 amide bonds. The Labute approximate surface area is 116 Å². The second-order valence-corrected chi connectivity index (χ2v) is 4.71. The highest BCUT2D eigenvalue weighted by atomic mass is 16.3. The van der Waals surface area contributed by atoms with E-state index in [9.17, 15) is 5.11 Å². The molecule has 1 aromatic rings. The lowest BCUT2D eigenvalue weighted by Crippen LogP contribution is -2.36. The second kappa shape index (κ2) is 8.88. The number of rotatable bonds is 9. The number of pyridine rings is 1. The van der Waals surface area contributed by atoms with Crippen LogP contribution in [0.1, 0.15) is 39.2 Å². The van der Waals surface area contributed by atoms with Crippen molar-refractivity contribution < 1.29 is 5.11 Å². The monoisotopic (exact) mass is 265 g/mol. The Kier molecular flexibility index (Phi) is 7.45. The van der Waals surface area contributed by atoms with Crippen LogP contribution in [0.15, 0.2) is 18.3 Å². The minimum atomic E-state index is 0.202. The summed E-state index contributed by atoms with van der Waals surface area (Å²) in [5, 5.41) is 12.6. The zero-order valence-electron chi connectivity index (χ0n) is 12.4. The number of hydrogen-bond acceptors (Lipinski definition) is 4. The van der Waals surface area contributed by atoms with Crippen LogP contribution in [-0.2, 0) is 6.54 Å². The maximum Gasteiger partial charge on any atom is 0.130 e. The maximum absolute atomic E-state index is 9.25. The highest BCUT2D eigenvalue weighted by Crippen LogP contribution is 2.18. The van der Waals surface area contributed by atoms with Gasteiger partial charge in [0.1, 0.15) is 5.82 Å². The minimum absolute atomic E-state index is 0.202. The molecule has 0 aromatic carbocycles. The first-order valence-electron chi connectivity index (χ1n) is 7.29. The van der Waals surface area contributed by atoms with Crippen LogP contribution in [0.4, 0.5) is 5.82 Å². The van der Waals surface area contributed by atoms with Crippen LogP contribution in [0.5, 0.6) is 0 Å². The normalized spacial score (nSPS) is 11.3. The molecule has 108 valence electrons. The summed E-state index contributed by atoms with van der Waals surface area (Å²) < 4.78 is 0.